The van der Waals surface area contributed by atoms with E-state index in [-0.39, 0.29) is 25.8 Å². The third kappa shape index (κ3) is 40.7. The minimum Gasteiger partial charge on any atom is -0.457 e. The van der Waals surface area contributed by atoms with Gasteiger partial charge in [-0.2, -0.15) is 0 Å². The molecule has 312 valence electrons. The fourth-order valence-corrected chi connectivity index (χ4v) is 7.18. The predicted molar refractivity (Wildman–Crippen MR) is 220 cm³/mol. The molecule has 1 N–H and O–H groups in total. The van der Waals surface area contributed by atoms with E-state index in [2.05, 4.69) is 13.8 Å². The standard InChI is InChI=1S/C43H88NO7P/c1-6-8-10-12-14-16-17-18-19-20-21-22-23-24-25-26-27-28-30-32-34-36-43(45)51-42(41-50-52(46,47)49-39-37-44(3,4)5)40-48-38-35-33-31-29-15-13-11-9-7-2/h42H,6-41H2,1-5H3/p+1. The molecule has 0 fully saturated rings. The average molecular weight is 763 g/mol. The Balaban J connectivity index is 4.05. The van der Waals surface area contributed by atoms with Crippen LogP contribution in [0.25, 0.3) is 0 Å². The number of nitrogens with zero attached hydrogens (tertiary/aromatic N) is 1. The smallest absolute Gasteiger partial charge is 0.457 e. The first-order chi connectivity index (χ1) is 25.1. The van der Waals surface area contributed by atoms with Crippen LogP contribution >= 0.6 is 7.82 Å². The highest BCUT2D eigenvalue weighted by atomic mass is 31.2. The lowest BCUT2D eigenvalue weighted by molar-refractivity contribution is -0.870. The van der Waals surface area contributed by atoms with E-state index in [1.165, 1.54) is 161 Å². The second-order valence-electron chi connectivity index (χ2n) is 16.4. The zero-order valence-corrected chi connectivity index (χ0v) is 36.2. The number of carbonyl (C=O) groups excluding carboxylic acids is 1. The monoisotopic (exact) mass is 763 g/mol. The van der Waals surface area contributed by atoms with Gasteiger partial charge in [0.1, 0.15) is 19.3 Å². The number of likely N-dealkylation sites (N-methyl/N-ethyl adjacent to an activating group) is 1. The van der Waals surface area contributed by atoms with Crippen LogP contribution in [0.4, 0.5) is 0 Å². The number of phosphoric acid groups is 1. The highest BCUT2D eigenvalue weighted by molar-refractivity contribution is 7.47. The van der Waals surface area contributed by atoms with Crippen LogP contribution in [-0.4, -0.2) is 75.6 Å². The fourth-order valence-electron chi connectivity index (χ4n) is 6.44. The molecule has 0 bridgehead atoms. The van der Waals surface area contributed by atoms with E-state index in [0.717, 1.165) is 32.1 Å². The van der Waals surface area contributed by atoms with Gasteiger partial charge in [0.2, 0.25) is 0 Å². The topological polar surface area (TPSA) is 91.3 Å². The Kier molecular flexibility index (Phi) is 37.1. The van der Waals surface area contributed by atoms with E-state index in [4.69, 9.17) is 18.5 Å². The molecule has 0 saturated heterocycles. The average Bonchev–Trinajstić information content (AvgIpc) is 3.09. The van der Waals surface area contributed by atoms with Crippen molar-refractivity contribution in [3.05, 3.63) is 0 Å². The minimum atomic E-state index is -4.26. The molecular weight excluding hydrogens is 673 g/mol. The Morgan fingerprint density at radius 3 is 1.27 bits per heavy atom. The SMILES string of the molecule is CCCCCCCCCCCCCCCCCCCCCCCC(=O)OC(COCCCCCCCCCCC)COP(=O)(O)OCC[N+](C)(C)C. The van der Waals surface area contributed by atoms with Crippen molar-refractivity contribution in [3.8, 4) is 0 Å². The molecule has 0 aliphatic heterocycles. The number of quaternary nitrogens is 1. The number of esters is 1. The number of hydrogen-bond acceptors (Lipinski definition) is 6. The second-order valence-corrected chi connectivity index (χ2v) is 17.9. The van der Waals surface area contributed by atoms with Gasteiger partial charge in [0.05, 0.1) is 34.4 Å². The summed E-state index contributed by atoms with van der Waals surface area (Å²) in [6.07, 6.45) is 38.5. The molecule has 9 heteroatoms. The highest BCUT2D eigenvalue weighted by Gasteiger charge is 2.26. The molecule has 52 heavy (non-hydrogen) atoms. The molecule has 0 aromatic rings. The van der Waals surface area contributed by atoms with Crippen molar-refractivity contribution in [2.75, 3.05) is 54.1 Å². The van der Waals surface area contributed by atoms with Crippen LogP contribution in [-0.2, 0) is 27.9 Å². The first kappa shape index (κ1) is 51.5. The number of unbranched alkanes of at least 4 members (excludes halogenated alkanes) is 28. The van der Waals surface area contributed by atoms with Gasteiger partial charge in [-0.25, -0.2) is 4.57 Å². The Morgan fingerprint density at radius 1 is 0.519 bits per heavy atom. The maximum atomic E-state index is 12.7. The lowest BCUT2D eigenvalue weighted by atomic mass is 10.0. The number of phosphoric ester groups is 1. The zero-order valence-electron chi connectivity index (χ0n) is 35.3. The molecule has 0 rings (SSSR count). The molecule has 0 aliphatic carbocycles. The number of hydrogen-bond donors (Lipinski definition) is 1. The van der Waals surface area contributed by atoms with E-state index < -0.39 is 13.9 Å². The van der Waals surface area contributed by atoms with E-state index in [0.29, 0.717) is 24.1 Å². The maximum absolute atomic E-state index is 12.7. The summed E-state index contributed by atoms with van der Waals surface area (Å²) in [5.74, 6) is -0.309. The van der Waals surface area contributed by atoms with Crippen molar-refractivity contribution in [1.29, 1.82) is 0 Å². The summed E-state index contributed by atoms with van der Waals surface area (Å²) in [5, 5.41) is 0. The van der Waals surface area contributed by atoms with Gasteiger partial charge in [-0.1, -0.05) is 194 Å². The number of rotatable bonds is 42. The van der Waals surface area contributed by atoms with Crippen molar-refractivity contribution in [3.63, 3.8) is 0 Å². The third-order valence-electron chi connectivity index (χ3n) is 9.92. The maximum Gasteiger partial charge on any atom is 0.472 e. The predicted octanol–water partition coefficient (Wildman–Crippen LogP) is 12.9. The summed E-state index contributed by atoms with van der Waals surface area (Å²) in [4.78, 5) is 22.8. The van der Waals surface area contributed by atoms with Gasteiger partial charge in [0.25, 0.3) is 0 Å². The van der Waals surface area contributed by atoms with Gasteiger partial charge in [0, 0.05) is 13.0 Å². The zero-order chi connectivity index (χ0) is 38.4. The molecule has 2 atom stereocenters. The normalized spacial score (nSPS) is 13.7. The molecule has 0 heterocycles. The van der Waals surface area contributed by atoms with Crippen LogP contribution < -0.4 is 0 Å². The molecule has 0 amide bonds. The minimum absolute atomic E-state index is 0.0936. The first-order valence-electron chi connectivity index (χ1n) is 22.3. The summed E-state index contributed by atoms with van der Waals surface area (Å²) in [6.45, 7) is 5.66. The summed E-state index contributed by atoms with van der Waals surface area (Å²) in [7, 11) is 1.68. The van der Waals surface area contributed by atoms with E-state index in [9.17, 15) is 14.3 Å². The summed E-state index contributed by atoms with van der Waals surface area (Å²) in [6, 6.07) is 0. The van der Waals surface area contributed by atoms with Crippen LogP contribution in [0.2, 0.25) is 0 Å². The third-order valence-corrected chi connectivity index (χ3v) is 10.9. The quantitative estimate of drug-likeness (QED) is 0.0286. The van der Waals surface area contributed by atoms with E-state index in [1.807, 2.05) is 21.1 Å². The van der Waals surface area contributed by atoms with Crippen LogP contribution in [0.15, 0.2) is 0 Å². The fraction of sp³-hybridized carbons (Fsp3) is 0.977. The van der Waals surface area contributed by atoms with Gasteiger partial charge in [0.15, 0.2) is 0 Å². The molecular formula is C43H89NO7P+. The molecule has 0 radical (unpaired) electrons. The molecule has 0 aliphatic rings. The van der Waals surface area contributed by atoms with Crippen LogP contribution in [0.3, 0.4) is 0 Å². The Hall–Kier alpha value is -0.500. The summed E-state index contributed by atoms with van der Waals surface area (Å²) in [5.41, 5.74) is 0. The largest absolute Gasteiger partial charge is 0.472 e. The van der Waals surface area contributed by atoms with Crippen molar-refractivity contribution in [2.45, 2.75) is 219 Å². The molecule has 0 aromatic carbocycles. The summed E-state index contributed by atoms with van der Waals surface area (Å²) < 4.78 is 34.9. The Labute approximate surface area is 323 Å². The van der Waals surface area contributed by atoms with Gasteiger partial charge in [-0.15, -0.1) is 0 Å². The van der Waals surface area contributed by atoms with Gasteiger partial charge < -0.3 is 18.9 Å². The Morgan fingerprint density at radius 2 is 0.885 bits per heavy atom. The molecule has 8 nitrogen and oxygen atoms in total. The Bertz CT molecular complexity index is 807. The number of ether oxygens (including phenoxy) is 2. The highest BCUT2D eigenvalue weighted by Crippen LogP contribution is 2.43. The van der Waals surface area contributed by atoms with Crippen LogP contribution in [0.5, 0.6) is 0 Å². The summed E-state index contributed by atoms with van der Waals surface area (Å²) >= 11 is 0. The molecule has 0 spiro atoms. The van der Waals surface area contributed by atoms with E-state index in [1.54, 1.807) is 0 Å². The molecule has 2 unspecified atom stereocenters. The van der Waals surface area contributed by atoms with Crippen molar-refractivity contribution >= 4 is 13.8 Å². The van der Waals surface area contributed by atoms with Crippen LogP contribution in [0.1, 0.15) is 213 Å². The van der Waals surface area contributed by atoms with Crippen molar-refractivity contribution in [2.24, 2.45) is 0 Å². The van der Waals surface area contributed by atoms with Gasteiger partial charge in [-0.3, -0.25) is 13.8 Å². The van der Waals surface area contributed by atoms with Gasteiger partial charge in [-0.05, 0) is 12.8 Å². The lowest BCUT2D eigenvalue weighted by Gasteiger charge is -2.24. The second kappa shape index (κ2) is 37.4. The molecule has 0 aromatic heterocycles. The first-order valence-corrected chi connectivity index (χ1v) is 23.8. The van der Waals surface area contributed by atoms with Crippen molar-refractivity contribution in [1.82, 2.24) is 0 Å². The van der Waals surface area contributed by atoms with Crippen molar-refractivity contribution < 1.29 is 37.3 Å². The number of carbonyl (C=O) groups is 1. The molecule has 0 saturated carbocycles. The lowest BCUT2D eigenvalue weighted by Crippen LogP contribution is -2.37. The van der Waals surface area contributed by atoms with E-state index >= 15 is 0 Å². The van der Waals surface area contributed by atoms with Gasteiger partial charge >= 0.3 is 13.8 Å². The van der Waals surface area contributed by atoms with Crippen LogP contribution in [0, 0.1) is 0 Å².